The van der Waals surface area contributed by atoms with Crippen LogP contribution >= 0.6 is 0 Å². The highest BCUT2D eigenvalue weighted by Gasteiger charge is 2.31. The Morgan fingerprint density at radius 1 is 1.38 bits per heavy atom. The normalized spacial score (nSPS) is 25.6. The monoisotopic (exact) mass is 284 g/mol. The number of carbonyl (C=O) groups excluding carboxylic acids is 1. The zero-order valence-corrected chi connectivity index (χ0v) is 12.1. The first-order valence-corrected chi connectivity index (χ1v) is 7.67. The number of nitrogens with zero attached hydrogens (tertiary/aromatic N) is 3. The van der Waals surface area contributed by atoms with Crippen molar-refractivity contribution in [3.8, 4) is 6.07 Å². The van der Waals surface area contributed by atoms with Gasteiger partial charge in [-0.3, -0.25) is 4.79 Å². The fourth-order valence-corrected chi connectivity index (χ4v) is 3.39. The Labute approximate surface area is 125 Å². The predicted molar refractivity (Wildman–Crippen MR) is 78.6 cm³/mol. The van der Waals surface area contributed by atoms with Crippen LogP contribution in [0.25, 0.3) is 0 Å². The van der Waals surface area contributed by atoms with Crippen LogP contribution in [0.5, 0.6) is 0 Å². The standard InChI is InChI=1S/C16H20N4O/c17-9-12-5-6-15(19-10-12)16(21)20-8-2-3-13(11-20)14-4-1-7-18-14/h5-6,10,13-14,18H,1-4,7-8,11H2. The predicted octanol–water partition coefficient (Wildman–Crippen LogP) is 1.56. The first kappa shape index (κ1) is 14.0. The molecule has 0 spiro atoms. The largest absolute Gasteiger partial charge is 0.337 e. The summed E-state index contributed by atoms with van der Waals surface area (Å²) in [5.74, 6) is 0.547. The Morgan fingerprint density at radius 3 is 2.95 bits per heavy atom. The summed E-state index contributed by atoms with van der Waals surface area (Å²) in [5, 5.41) is 12.3. The lowest BCUT2D eigenvalue weighted by atomic mass is 9.89. The first-order chi connectivity index (χ1) is 10.3. The molecule has 0 bridgehead atoms. The van der Waals surface area contributed by atoms with E-state index in [0.717, 1.165) is 26.1 Å². The lowest BCUT2D eigenvalue weighted by molar-refractivity contribution is 0.0645. The summed E-state index contributed by atoms with van der Waals surface area (Å²) in [6, 6.07) is 5.89. The number of piperidine rings is 1. The number of pyridine rings is 1. The van der Waals surface area contributed by atoms with E-state index in [9.17, 15) is 4.79 Å². The topological polar surface area (TPSA) is 69.0 Å². The quantitative estimate of drug-likeness (QED) is 0.894. The third kappa shape index (κ3) is 3.06. The Bertz CT molecular complexity index is 542. The van der Waals surface area contributed by atoms with Crippen molar-refractivity contribution in [3.05, 3.63) is 29.6 Å². The summed E-state index contributed by atoms with van der Waals surface area (Å²) < 4.78 is 0. The van der Waals surface area contributed by atoms with Crippen molar-refractivity contribution in [2.45, 2.75) is 31.7 Å². The summed E-state index contributed by atoms with van der Waals surface area (Å²) in [6.45, 7) is 2.73. The first-order valence-electron chi connectivity index (χ1n) is 7.67. The van der Waals surface area contributed by atoms with Gasteiger partial charge in [0, 0.05) is 25.3 Å². The van der Waals surface area contributed by atoms with Crippen LogP contribution in [0.3, 0.4) is 0 Å². The van der Waals surface area contributed by atoms with Crippen molar-refractivity contribution in [3.63, 3.8) is 0 Å². The van der Waals surface area contributed by atoms with Gasteiger partial charge in [0.15, 0.2) is 0 Å². The number of aromatic nitrogens is 1. The number of nitrogens with one attached hydrogen (secondary N) is 1. The highest BCUT2D eigenvalue weighted by molar-refractivity contribution is 5.92. The van der Waals surface area contributed by atoms with E-state index >= 15 is 0 Å². The zero-order valence-electron chi connectivity index (χ0n) is 12.1. The van der Waals surface area contributed by atoms with Crippen LogP contribution in [0.15, 0.2) is 18.3 Å². The van der Waals surface area contributed by atoms with Crippen molar-refractivity contribution in [1.29, 1.82) is 5.26 Å². The molecule has 2 fully saturated rings. The molecule has 2 unspecified atom stereocenters. The van der Waals surface area contributed by atoms with E-state index in [2.05, 4.69) is 10.3 Å². The SMILES string of the molecule is N#Cc1ccc(C(=O)N2CCCC(C3CCCN3)C2)nc1. The van der Waals surface area contributed by atoms with Gasteiger partial charge in [0.25, 0.3) is 5.91 Å². The van der Waals surface area contributed by atoms with Gasteiger partial charge >= 0.3 is 0 Å². The van der Waals surface area contributed by atoms with Crippen LogP contribution in [0.2, 0.25) is 0 Å². The Kier molecular flexibility index (Phi) is 4.16. The van der Waals surface area contributed by atoms with Gasteiger partial charge in [0.1, 0.15) is 11.8 Å². The average molecular weight is 284 g/mol. The molecular formula is C16H20N4O. The summed E-state index contributed by atoms with van der Waals surface area (Å²) in [4.78, 5) is 18.6. The Morgan fingerprint density at radius 2 is 2.29 bits per heavy atom. The van der Waals surface area contributed by atoms with E-state index in [1.165, 1.54) is 25.5 Å². The fraction of sp³-hybridized carbons (Fsp3) is 0.562. The number of hydrogen-bond donors (Lipinski definition) is 1. The van der Waals surface area contributed by atoms with Crippen molar-refractivity contribution in [1.82, 2.24) is 15.2 Å². The summed E-state index contributed by atoms with van der Waals surface area (Å²) in [5.41, 5.74) is 0.923. The van der Waals surface area contributed by atoms with E-state index in [-0.39, 0.29) is 5.91 Å². The number of hydrogen-bond acceptors (Lipinski definition) is 4. The molecule has 3 rings (SSSR count). The van der Waals surface area contributed by atoms with E-state index in [1.807, 2.05) is 11.0 Å². The molecule has 5 heteroatoms. The molecule has 0 aliphatic carbocycles. The molecule has 2 saturated heterocycles. The Hall–Kier alpha value is -1.93. The second kappa shape index (κ2) is 6.23. The molecule has 110 valence electrons. The number of likely N-dealkylation sites (tertiary alicyclic amines) is 1. The molecule has 0 saturated carbocycles. The van der Waals surface area contributed by atoms with Gasteiger partial charge in [-0.1, -0.05) is 0 Å². The second-order valence-electron chi connectivity index (χ2n) is 5.90. The number of amides is 1. The number of rotatable bonds is 2. The minimum Gasteiger partial charge on any atom is -0.337 e. The van der Waals surface area contributed by atoms with Crippen LogP contribution in [-0.2, 0) is 0 Å². The summed E-state index contributed by atoms with van der Waals surface area (Å²) in [7, 11) is 0. The molecular weight excluding hydrogens is 264 g/mol. The third-order valence-electron chi connectivity index (χ3n) is 4.52. The van der Waals surface area contributed by atoms with Gasteiger partial charge in [-0.25, -0.2) is 4.98 Å². The van der Waals surface area contributed by atoms with Crippen molar-refractivity contribution >= 4 is 5.91 Å². The summed E-state index contributed by atoms with van der Waals surface area (Å²) in [6.07, 6.45) is 6.19. The van der Waals surface area contributed by atoms with E-state index in [4.69, 9.17) is 5.26 Å². The molecule has 1 aromatic heterocycles. The highest BCUT2D eigenvalue weighted by Crippen LogP contribution is 2.25. The van der Waals surface area contributed by atoms with E-state index in [0.29, 0.717) is 23.2 Å². The molecule has 2 atom stereocenters. The molecule has 5 nitrogen and oxygen atoms in total. The summed E-state index contributed by atoms with van der Waals surface area (Å²) >= 11 is 0. The third-order valence-corrected chi connectivity index (χ3v) is 4.52. The van der Waals surface area contributed by atoms with Crippen molar-refractivity contribution < 1.29 is 4.79 Å². The maximum atomic E-state index is 12.5. The van der Waals surface area contributed by atoms with Gasteiger partial charge in [0.2, 0.25) is 0 Å². The minimum atomic E-state index is -0.0119. The molecule has 3 heterocycles. The smallest absolute Gasteiger partial charge is 0.272 e. The lowest BCUT2D eigenvalue weighted by Gasteiger charge is -2.35. The maximum Gasteiger partial charge on any atom is 0.272 e. The number of carbonyl (C=O) groups is 1. The van der Waals surface area contributed by atoms with Crippen LogP contribution in [0.1, 0.15) is 41.7 Å². The van der Waals surface area contributed by atoms with Gasteiger partial charge < -0.3 is 10.2 Å². The van der Waals surface area contributed by atoms with Crippen LogP contribution in [0, 0.1) is 17.2 Å². The van der Waals surface area contributed by atoms with Crippen molar-refractivity contribution in [2.75, 3.05) is 19.6 Å². The molecule has 1 amide bonds. The van der Waals surface area contributed by atoms with Crippen LogP contribution in [-0.4, -0.2) is 41.5 Å². The van der Waals surface area contributed by atoms with E-state index < -0.39 is 0 Å². The zero-order chi connectivity index (χ0) is 14.7. The Balaban J connectivity index is 1.67. The maximum absolute atomic E-state index is 12.5. The molecule has 2 aliphatic heterocycles. The molecule has 2 aliphatic rings. The minimum absolute atomic E-state index is 0.0119. The highest BCUT2D eigenvalue weighted by atomic mass is 16.2. The number of nitriles is 1. The van der Waals surface area contributed by atoms with Crippen LogP contribution < -0.4 is 5.32 Å². The molecule has 0 aromatic carbocycles. The van der Waals surface area contributed by atoms with Gasteiger partial charge in [-0.2, -0.15) is 5.26 Å². The van der Waals surface area contributed by atoms with Gasteiger partial charge in [-0.05, 0) is 50.3 Å². The molecule has 21 heavy (non-hydrogen) atoms. The van der Waals surface area contributed by atoms with Gasteiger partial charge in [0.05, 0.1) is 5.56 Å². The molecule has 0 radical (unpaired) electrons. The molecule has 1 N–H and O–H groups in total. The molecule has 1 aromatic rings. The average Bonchev–Trinajstić information content (AvgIpc) is 3.09. The van der Waals surface area contributed by atoms with E-state index in [1.54, 1.807) is 12.1 Å². The van der Waals surface area contributed by atoms with Crippen LogP contribution in [0.4, 0.5) is 0 Å². The fourth-order valence-electron chi connectivity index (χ4n) is 3.39. The van der Waals surface area contributed by atoms with Crippen molar-refractivity contribution in [2.24, 2.45) is 5.92 Å². The lowest BCUT2D eigenvalue weighted by Crippen LogP contribution is -2.46. The van der Waals surface area contributed by atoms with Gasteiger partial charge in [-0.15, -0.1) is 0 Å². The second-order valence-corrected chi connectivity index (χ2v) is 5.90.